The largest absolute Gasteiger partial charge is 0.330 e. The lowest BCUT2D eigenvalue weighted by molar-refractivity contribution is 0.314. The summed E-state index contributed by atoms with van der Waals surface area (Å²) in [7, 11) is 1.12. The van der Waals surface area contributed by atoms with Gasteiger partial charge in [-0.05, 0) is 49.8 Å². The van der Waals surface area contributed by atoms with Crippen LogP contribution < -0.4 is 0 Å². The van der Waals surface area contributed by atoms with Crippen LogP contribution in [0.5, 0.6) is 0 Å². The summed E-state index contributed by atoms with van der Waals surface area (Å²) in [5.41, 5.74) is 5.35. The number of benzene rings is 2. The number of rotatable bonds is 9. The molecule has 1 unspecified atom stereocenters. The summed E-state index contributed by atoms with van der Waals surface area (Å²) in [6.45, 7) is 2.77. The molecule has 0 bridgehead atoms. The predicted octanol–water partition coefficient (Wildman–Crippen LogP) is 4.87. The van der Waals surface area contributed by atoms with E-state index in [-0.39, 0.29) is 0 Å². The molecule has 1 atom stereocenters. The molecular weight excluding hydrogens is 416 g/mol. The van der Waals surface area contributed by atoms with Crippen molar-refractivity contribution in [3.05, 3.63) is 91.0 Å². The van der Waals surface area contributed by atoms with E-state index in [9.17, 15) is 4.21 Å². The Labute approximate surface area is 192 Å². The lowest BCUT2D eigenvalue weighted by Gasteiger charge is -2.17. The van der Waals surface area contributed by atoms with Crippen LogP contribution in [0.15, 0.2) is 90.3 Å². The van der Waals surface area contributed by atoms with E-state index < -0.39 is 10.8 Å². The third-order valence-electron chi connectivity index (χ3n) is 5.47. The molecule has 0 amide bonds. The van der Waals surface area contributed by atoms with Crippen molar-refractivity contribution in [2.75, 3.05) is 19.8 Å². The third-order valence-corrected chi connectivity index (χ3v) is 6.38. The van der Waals surface area contributed by atoms with Crippen LogP contribution in [0.4, 0.5) is 0 Å². The molecule has 2 aromatic carbocycles. The maximum atomic E-state index is 12.1. The summed E-state index contributed by atoms with van der Waals surface area (Å²) in [6, 6.07) is 22.4. The molecule has 4 aromatic rings. The molecule has 4 rings (SSSR count). The van der Waals surface area contributed by atoms with Crippen LogP contribution in [0.1, 0.15) is 12.0 Å². The average molecular weight is 445 g/mol. The highest BCUT2D eigenvalue weighted by Crippen LogP contribution is 2.32. The van der Waals surface area contributed by atoms with Crippen molar-refractivity contribution in [2.24, 2.45) is 0 Å². The maximum Gasteiger partial charge on any atom is 0.0964 e. The molecule has 0 saturated heterocycles. The number of pyridine rings is 1. The molecule has 0 aliphatic rings. The minimum Gasteiger partial charge on any atom is -0.330 e. The van der Waals surface area contributed by atoms with Gasteiger partial charge in [-0.25, -0.2) is 4.98 Å². The van der Waals surface area contributed by atoms with Gasteiger partial charge in [-0.3, -0.25) is 9.19 Å². The van der Waals surface area contributed by atoms with Crippen molar-refractivity contribution >= 4 is 10.8 Å². The van der Waals surface area contributed by atoms with Crippen molar-refractivity contribution in [3.8, 4) is 22.5 Å². The summed E-state index contributed by atoms with van der Waals surface area (Å²) in [4.78, 5) is 12.1. The number of imidazole rings is 1. The zero-order chi connectivity index (χ0) is 22.3. The van der Waals surface area contributed by atoms with E-state index in [1.165, 1.54) is 5.56 Å². The van der Waals surface area contributed by atoms with Gasteiger partial charge in [0.2, 0.25) is 0 Å². The van der Waals surface area contributed by atoms with E-state index in [4.69, 9.17) is 4.98 Å². The van der Waals surface area contributed by atoms with Gasteiger partial charge in [-0.15, -0.1) is 0 Å². The summed E-state index contributed by atoms with van der Waals surface area (Å²) in [5, 5.41) is 0. The van der Waals surface area contributed by atoms with Gasteiger partial charge < -0.3 is 9.47 Å². The normalized spacial score (nSPS) is 12.2. The molecule has 0 aliphatic carbocycles. The van der Waals surface area contributed by atoms with Crippen molar-refractivity contribution < 1.29 is 4.21 Å². The van der Waals surface area contributed by atoms with Crippen LogP contribution in [0.2, 0.25) is 0 Å². The first kappa shape index (κ1) is 22.1. The van der Waals surface area contributed by atoms with Crippen LogP contribution in [0.3, 0.4) is 0 Å². The molecular formula is C26H28N4OS. The van der Waals surface area contributed by atoms with Crippen LogP contribution >= 0.6 is 0 Å². The van der Waals surface area contributed by atoms with Crippen molar-refractivity contribution in [2.45, 2.75) is 24.4 Å². The molecule has 6 heteroatoms. The lowest BCUT2D eigenvalue weighted by atomic mass is 10.1. The number of aromatic nitrogens is 3. The Morgan fingerprint density at radius 2 is 1.75 bits per heavy atom. The average Bonchev–Trinajstić information content (AvgIpc) is 3.24. The van der Waals surface area contributed by atoms with Gasteiger partial charge in [0, 0.05) is 58.6 Å². The van der Waals surface area contributed by atoms with E-state index in [0.717, 1.165) is 53.5 Å². The van der Waals surface area contributed by atoms with E-state index >= 15 is 0 Å². The number of nitrogens with zero attached hydrogens (tertiary/aromatic N) is 4. The zero-order valence-corrected chi connectivity index (χ0v) is 19.3. The second-order valence-corrected chi connectivity index (χ2v) is 9.31. The fraction of sp³-hybridized carbons (Fsp3) is 0.231. The van der Waals surface area contributed by atoms with Crippen molar-refractivity contribution in [3.63, 3.8) is 0 Å². The minimum absolute atomic E-state index is 0.818. The molecule has 0 N–H and O–H groups in total. The fourth-order valence-electron chi connectivity index (χ4n) is 3.88. The number of hydrogen-bond donors (Lipinski definition) is 0. The Hall–Kier alpha value is -3.09. The monoisotopic (exact) mass is 444 g/mol. The van der Waals surface area contributed by atoms with E-state index in [2.05, 4.69) is 51.8 Å². The fourth-order valence-corrected chi connectivity index (χ4v) is 4.45. The Kier molecular flexibility index (Phi) is 7.24. The summed E-state index contributed by atoms with van der Waals surface area (Å²) < 4.78 is 14.3. The number of hydrogen-bond acceptors (Lipinski definition) is 4. The first-order chi connectivity index (χ1) is 15.6. The summed E-state index contributed by atoms with van der Waals surface area (Å²) >= 11 is 0. The molecule has 0 fully saturated rings. The zero-order valence-electron chi connectivity index (χ0n) is 18.5. The highest BCUT2D eigenvalue weighted by Gasteiger charge is 2.16. The predicted molar refractivity (Wildman–Crippen MR) is 131 cm³/mol. The second-order valence-electron chi connectivity index (χ2n) is 7.93. The van der Waals surface area contributed by atoms with Gasteiger partial charge >= 0.3 is 0 Å². The molecule has 0 spiro atoms. The summed E-state index contributed by atoms with van der Waals surface area (Å²) in [5.74, 6) is 0. The van der Waals surface area contributed by atoms with Gasteiger partial charge in [0.15, 0.2) is 0 Å². The van der Waals surface area contributed by atoms with Crippen molar-refractivity contribution in [1.82, 2.24) is 19.4 Å². The van der Waals surface area contributed by atoms with E-state index in [0.29, 0.717) is 0 Å². The molecule has 5 nitrogen and oxygen atoms in total. The molecule has 2 aromatic heterocycles. The third kappa shape index (κ3) is 5.39. The summed E-state index contributed by atoms with van der Waals surface area (Å²) in [6.07, 6.45) is 8.20. The number of aryl methyl sites for hydroxylation is 1. The highest BCUT2D eigenvalue weighted by molar-refractivity contribution is 7.84. The Morgan fingerprint density at radius 1 is 0.969 bits per heavy atom. The van der Waals surface area contributed by atoms with Crippen LogP contribution in [-0.4, -0.2) is 43.5 Å². The van der Waals surface area contributed by atoms with Crippen LogP contribution in [0.25, 0.3) is 22.5 Å². The second kappa shape index (κ2) is 10.5. The molecule has 164 valence electrons. The van der Waals surface area contributed by atoms with Crippen LogP contribution in [-0.2, 0) is 23.9 Å². The topological polar surface area (TPSA) is 51.0 Å². The van der Waals surface area contributed by atoms with Gasteiger partial charge in [0.05, 0.1) is 17.7 Å². The molecule has 0 saturated carbocycles. The van der Waals surface area contributed by atoms with Gasteiger partial charge in [-0.2, -0.15) is 0 Å². The SMILES string of the molecule is CN(CCCn1cnc(-c2ccncc2)c1-c1cccc(S(C)=O)c1)Cc1ccccc1. The van der Waals surface area contributed by atoms with Gasteiger partial charge in [0.25, 0.3) is 0 Å². The minimum atomic E-state index is -1.04. The maximum absolute atomic E-state index is 12.1. The molecule has 2 heterocycles. The van der Waals surface area contributed by atoms with Gasteiger partial charge in [-0.1, -0.05) is 42.5 Å². The standard InChI is InChI=1S/C26H28N4OS/c1-29(19-21-8-4-3-5-9-21)16-7-17-30-20-28-25(22-12-14-27-15-13-22)26(30)23-10-6-11-24(18-23)32(2)31/h3-6,8-15,18,20H,7,16-17,19H2,1-2H3. The van der Waals surface area contributed by atoms with Gasteiger partial charge in [0.1, 0.15) is 0 Å². The van der Waals surface area contributed by atoms with Crippen molar-refractivity contribution in [1.29, 1.82) is 0 Å². The first-order valence-corrected chi connectivity index (χ1v) is 12.3. The quantitative estimate of drug-likeness (QED) is 0.370. The molecule has 32 heavy (non-hydrogen) atoms. The smallest absolute Gasteiger partial charge is 0.0964 e. The van der Waals surface area contributed by atoms with E-state index in [1.54, 1.807) is 18.6 Å². The van der Waals surface area contributed by atoms with Crippen LogP contribution in [0, 0.1) is 0 Å². The van der Waals surface area contributed by atoms with E-state index in [1.807, 2.05) is 42.7 Å². The lowest BCUT2D eigenvalue weighted by Crippen LogP contribution is -2.20. The first-order valence-electron chi connectivity index (χ1n) is 10.7. The highest BCUT2D eigenvalue weighted by atomic mass is 32.2. The Bertz CT molecular complexity index is 1170. The Balaban J connectivity index is 1.56. The Morgan fingerprint density at radius 3 is 2.50 bits per heavy atom. The molecule has 0 radical (unpaired) electrons. The molecule has 0 aliphatic heterocycles.